The minimum Gasteiger partial charge on any atom is -0.481 e. The second-order valence-corrected chi connectivity index (χ2v) is 17.6. The Balaban J connectivity index is 1.86. The van der Waals surface area contributed by atoms with E-state index in [1.807, 2.05) is 19.1 Å². The van der Waals surface area contributed by atoms with Crippen LogP contribution in [0.5, 0.6) is 0 Å². The Morgan fingerprint density at radius 1 is 0.662 bits per heavy atom. The molecule has 2 bridgehead atoms. The van der Waals surface area contributed by atoms with Crippen LogP contribution in [0, 0.1) is 17.8 Å². The van der Waals surface area contributed by atoms with Gasteiger partial charge in [0.2, 0.25) is 0 Å². The molecule has 0 aromatic carbocycles. The van der Waals surface area contributed by atoms with Gasteiger partial charge < -0.3 is 80.9 Å². The van der Waals surface area contributed by atoms with Crippen molar-refractivity contribution in [2.45, 2.75) is 177 Å². The van der Waals surface area contributed by atoms with Gasteiger partial charge in [0.15, 0.2) is 12.1 Å². The highest BCUT2D eigenvalue weighted by Crippen LogP contribution is 2.38. The summed E-state index contributed by atoms with van der Waals surface area (Å²) in [5.41, 5.74) is 6.02. The van der Waals surface area contributed by atoms with E-state index in [-0.39, 0.29) is 31.6 Å². The number of allylic oxidation sites excluding steroid dienone is 12. The molecule has 0 aromatic rings. The number of hydrogen-bond acceptors (Lipinski definition) is 17. The standard InChI is InChI=1S/C47H73NO17/c1-27-17-15-13-11-9-7-5-6-8-10-12-14-16-18-34(64-46-44(58)41(48)43(57)30(4)63-46)24-38-40(45(59)60)37(54)26-47(61,65-38)25-33(51)22-36(53)35(52)20-19-31(49)21-32(50)23-39(55)62-29(3)28(2)42(27)56/h5-18,27-38,40-44,46,49-54,56-58,61H,19-26,48H2,1-4H3,(H,59,60)/t27-,28-,29-,30+,31+,32+,33-,34-,35+,36+,37-,38?,40+,41-,42+,43+,44-,46-,47+/m0/s1. The third-order valence-corrected chi connectivity index (χ3v) is 12.0. The highest BCUT2D eigenvalue weighted by molar-refractivity contribution is 5.71. The van der Waals surface area contributed by atoms with Crippen LogP contribution in [0.4, 0.5) is 0 Å². The number of hydrogen-bond donors (Lipinski definition) is 12. The van der Waals surface area contributed by atoms with Gasteiger partial charge in [-0.2, -0.15) is 0 Å². The average Bonchev–Trinajstić information content (AvgIpc) is 3.21. The maximum Gasteiger partial charge on any atom is 0.311 e. The summed E-state index contributed by atoms with van der Waals surface area (Å²) in [5, 5.41) is 118. The Labute approximate surface area is 381 Å². The minimum absolute atomic E-state index is 0.107. The lowest BCUT2D eigenvalue weighted by Gasteiger charge is -2.45. The molecule has 0 amide bonds. The molecule has 368 valence electrons. The molecule has 0 saturated carbocycles. The van der Waals surface area contributed by atoms with Crippen molar-refractivity contribution in [3.8, 4) is 0 Å². The molecule has 3 aliphatic rings. The number of cyclic esters (lactones) is 1. The molecule has 0 aliphatic carbocycles. The Bertz CT molecular complexity index is 1670. The normalized spacial score (nSPS) is 42.0. The Morgan fingerprint density at radius 2 is 1.23 bits per heavy atom. The molecule has 3 aliphatic heterocycles. The lowest BCUT2D eigenvalue weighted by Crippen LogP contribution is -2.61. The number of rotatable bonds is 3. The van der Waals surface area contributed by atoms with Gasteiger partial charge in [-0.25, -0.2) is 0 Å². The number of aliphatic hydroxyl groups excluding tert-OH is 9. The fourth-order valence-electron chi connectivity index (χ4n) is 7.97. The predicted molar refractivity (Wildman–Crippen MR) is 237 cm³/mol. The zero-order chi connectivity index (χ0) is 48.4. The highest BCUT2D eigenvalue weighted by Gasteiger charge is 2.51. The molecule has 65 heavy (non-hydrogen) atoms. The quantitative estimate of drug-likeness (QED) is 0.174. The Hall–Kier alpha value is -3.44. The van der Waals surface area contributed by atoms with Gasteiger partial charge >= 0.3 is 11.9 Å². The van der Waals surface area contributed by atoms with Gasteiger partial charge in [-0.15, -0.1) is 0 Å². The second kappa shape index (κ2) is 27.4. The van der Waals surface area contributed by atoms with Gasteiger partial charge in [0.1, 0.15) is 18.1 Å². The molecule has 18 nitrogen and oxygen atoms in total. The third kappa shape index (κ3) is 18.6. The predicted octanol–water partition coefficient (Wildman–Crippen LogP) is 0.712. The molecule has 18 heteroatoms. The third-order valence-electron chi connectivity index (χ3n) is 12.0. The number of nitrogens with two attached hydrogens (primary N) is 1. The summed E-state index contributed by atoms with van der Waals surface area (Å²) in [6, 6.07) is -1.15. The van der Waals surface area contributed by atoms with Crippen molar-refractivity contribution in [2.24, 2.45) is 23.5 Å². The first-order valence-electron chi connectivity index (χ1n) is 22.3. The van der Waals surface area contributed by atoms with Crippen molar-refractivity contribution in [3.05, 3.63) is 85.1 Å². The van der Waals surface area contributed by atoms with E-state index in [9.17, 15) is 65.8 Å². The highest BCUT2D eigenvalue weighted by atomic mass is 16.7. The summed E-state index contributed by atoms with van der Waals surface area (Å²) in [4.78, 5) is 25.1. The van der Waals surface area contributed by atoms with Crippen LogP contribution in [0.15, 0.2) is 85.1 Å². The smallest absolute Gasteiger partial charge is 0.311 e. The Morgan fingerprint density at radius 3 is 1.82 bits per heavy atom. The molecule has 0 spiro atoms. The SMILES string of the molecule is C[C@@H]1[C@H](O)[C@@H](C)C=CC=CC=CC=CC=CC=CC=C[C@H](O[C@@H]2O[C@H](C)[C@@H](O)[C@H](N)[C@@H]2O)CC2O[C@](O)(C[C@@H](O)C[C@@H](O)[C@H](O)CC[C@@H](O)C[C@@H](O)CC(=O)O[C@H]1C)C[C@H](O)[C@H]2C(=O)O. The number of ether oxygens (including phenoxy) is 4. The second-order valence-electron chi connectivity index (χ2n) is 17.6. The molecule has 2 fully saturated rings. The molecule has 2 saturated heterocycles. The first kappa shape index (κ1) is 55.9. The summed E-state index contributed by atoms with van der Waals surface area (Å²) in [5.74, 6) is -6.83. The molecule has 1 unspecified atom stereocenters. The van der Waals surface area contributed by atoms with E-state index in [1.165, 1.54) is 13.0 Å². The van der Waals surface area contributed by atoms with E-state index in [0.717, 1.165) is 0 Å². The van der Waals surface area contributed by atoms with Crippen LogP contribution in [0.25, 0.3) is 0 Å². The number of aliphatic hydroxyl groups is 10. The van der Waals surface area contributed by atoms with E-state index >= 15 is 0 Å². The molecular formula is C47H73NO17. The van der Waals surface area contributed by atoms with Crippen LogP contribution in [0.3, 0.4) is 0 Å². The lowest BCUT2D eigenvalue weighted by molar-refractivity contribution is -0.308. The summed E-state index contributed by atoms with van der Waals surface area (Å²) in [6.07, 6.45) is 3.46. The summed E-state index contributed by atoms with van der Waals surface area (Å²) < 4.78 is 23.1. The average molecular weight is 924 g/mol. The molecule has 3 rings (SSSR count). The zero-order valence-electron chi connectivity index (χ0n) is 37.6. The summed E-state index contributed by atoms with van der Waals surface area (Å²) >= 11 is 0. The van der Waals surface area contributed by atoms with Gasteiger partial charge in [0, 0.05) is 37.5 Å². The number of fused-ring (bicyclic) bond motifs is 2. The molecule has 0 radical (unpaired) electrons. The molecule has 13 N–H and O–H groups in total. The summed E-state index contributed by atoms with van der Waals surface area (Å²) in [6.45, 7) is 6.74. The summed E-state index contributed by atoms with van der Waals surface area (Å²) in [7, 11) is 0. The number of aliphatic carboxylic acids is 1. The fourth-order valence-corrected chi connectivity index (χ4v) is 7.97. The lowest BCUT2D eigenvalue weighted by atomic mass is 9.82. The number of carbonyl (C=O) groups is 2. The van der Waals surface area contributed by atoms with Crippen LogP contribution in [-0.4, -0.2) is 166 Å². The number of carboxylic acids is 1. The molecule has 0 aromatic heterocycles. The van der Waals surface area contributed by atoms with Gasteiger partial charge in [-0.05, 0) is 33.1 Å². The molecule has 3 heterocycles. The van der Waals surface area contributed by atoms with Crippen molar-refractivity contribution >= 4 is 11.9 Å². The van der Waals surface area contributed by atoms with Gasteiger partial charge in [-0.3, -0.25) is 9.59 Å². The molecule has 19 atom stereocenters. The van der Waals surface area contributed by atoms with Crippen molar-refractivity contribution < 1.29 is 84.7 Å². The van der Waals surface area contributed by atoms with Crippen LogP contribution >= 0.6 is 0 Å². The van der Waals surface area contributed by atoms with Crippen molar-refractivity contribution in [1.82, 2.24) is 0 Å². The zero-order valence-corrected chi connectivity index (χ0v) is 37.6. The monoisotopic (exact) mass is 923 g/mol. The van der Waals surface area contributed by atoms with Crippen molar-refractivity contribution in [3.63, 3.8) is 0 Å². The first-order valence-corrected chi connectivity index (χ1v) is 22.3. The maximum atomic E-state index is 12.6. The van der Waals surface area contributed by atoms with E-state index in [1.54, 1.807) is 80.7 Å². The van der Waals surface area contributed by atoms with E-state index in [0.29, 0.717) is 0 Å². The van der Waals surface area contributed by atoms with Crippen molar-refractivity contribution in [1.29, 1.82) is 0 Å². The van der Waals surface area contributed by atoms with Gasteiger partial charge in [0.25, 0.3) is 0 Å². The largest absolute Gasteiger partial charge is 0.481 e. The molecular weight excluding hydrogens is 851 g/mol. The fraction of sp³-hybridized carbons (Fsp3) is 0.660. The van der Waals surface area contributed by atoms with Crippen LogP contribution in [0.2, 0.25) is 0 Å². The van der Waals surface area contributed by atoms with Gasteiger partial charge in [0.05, 0.1) is 79.6 Å². The first-order chi connectivity index (χ1) is 30.6. The number of esters is 1. The number of carbonyl (C=O) groups excluding carboxylic acids is 1. The van der Waals surface area contributed by atoms with Crippen LogP contribution in [0.1, 0.15) is 79.1 Å². The topological polar surface area (TPSA) is 320 Å². The van der Waals surface area contributed by atoms with Gasteiger partial charge in [-0.1, -0.05) is 98.9 Å². The number of carboxylic acid groups (broad SMARTS) is 1. The van der Waals surface area contributed by atoms with E-state index in [4.69, 9.17) is 24.7 Å². The Kier molecular flexibility index (Phi) is 23.6. The minimum atomic E-state index is -2.33. The van der Waals surface area contributed by atoms with E-state index in [2.05, 4.69) is 0 Å². The van der Waals surface area contributed by atoms with Crippen molar-refractivity contribution in [2.75, 3.05) is 0 Å². The van der Waals surface area contributed by atoms with Crippen LogP contribution in [-0.2, 0) is 28.5 Å². The van der Waals surface area contributed by atoms with Crippen LogP contribution < -0.4 is 5.73 Å². The maximum absolute atomic E-state index is 12.6. The van der Waals surface area contributed by atoms with E-state index < -0.39 is 147 Å².